The van der Waals surface area contributed by atoms with Gasteiger partial charge in [-0.15, -0.1) is 0 Å². The zero-order chi connectivity index (χ0) is 13.4. The highest BCUT2D eigenvalue weighted by atomic mass is 35.5. The fourth-order valence-electron chi connectivity index (χ4n) is 1.81. The summed E-state index contributed by atoms with van der Waals surface area (Å²) in [5.74, 6) is 0. The third-order valence-electron chi connectivity index (χ3n) is 2.68. The lowest BCUT2D eigenvalue weighted by Gasteiger charge is -2.26. The summed E-state index contributed by atoms with van der Waals surface area (Å²) < 4.78 is 0. The van der Waals surface area contributed by atoms with E-state index in [-0.39, 0.29) is 29.7 Å². The maximum Gasteiger partial charge on any atom is 0.407 e. The summed E-state index contributed by atoms with van der Waals surface area (Å²) in [5, 5.41) is 19.3. The van der Waals surface area contributed by atoms with Gasteiger partial charge < -0.3 is 10.0 Å². The third kappa shape index (κ3) is 2.06. The highest BCUT2D eigenvalue weighted by Gasteiger charge is 2.30. The minimum absolute atomic E-state index is 0.0299. The molecule has 1 N–H and O–H groups in total. The Morgan fingerprint density at radius 1 is 1.50 bits per heavy atom. The van der Waals surface area contributed by atoms with E-state index in [1.165, 1.54) is 0 Å². The molecule has 1 amide bonds. The van der Waals surface area contributed by atoms with E-state index in [0.717, 1.165) is 4.90 Å². The Balaban J connectivity index is 2.50. The molecule has 2 heterocycles. The first-order chi connectivity index (χ1) is 8.41. The lowest BCUT2D eigenvalue weighted by molar-refractivity contribution is -0.384. The van der Waals surface area contributed by atoms with Gasteiger partial charge >= 0.3 is 11.8 Å². The Morgan fingerprint density at radius 2 is 2.17 bits per heavy atom. The third-order valence-corrected chi connectivity index (χ3v) is 3.35. The van der Waals surface area contributed by atoms with Crippen LogP contribution in [0, 0.1) is 10.1 Å². The second-order valence-corrected chi connectivity index (χ2v) is 4.44. The van der Waals surface area contributed by atoms with Gasteiger partial charge in [-0.1, -0.05) is 23.2 Å². The van der Waals surface area contributed by atoms with E-state index in [2.05, 4.69) is 4.98 Å². The smallest absolute Gasteiger partial charge is 0.407 e. The predicted octanol–water partition coefficient (Wildman–Crippen LogP) is 2.33. The van der Waals surface area contributed by atoms with Gasteiger partial charge in [0.2, 0.25) is 5.15 Å². The Hall–Kier alpha value is -1.60. The van der Waals surface area contributed by atoms with E-state index in [4.69, 9.17) is 28.3 Å². The molecule has 18 heavy (non-hydrogen) atoms. The molecule has 1 aromatic heterocycles. The van der Waals surface area contributed by atoms with Crippen molar-refractivity contribution in [3.05, 3.63) is 31.5 Å². The van der Waals surface area contributed by atoms with Gasteiger partial charge in [-0.05, 0) is 6.42 Å². The predicted molar refractivity (Wildman–Crippen MR) is 63.1 cm³/mol. The quantitative estimate of drug-likeness (QED) is 0.486. The number of amides is 1. The van der Waals surface area contributed by atoms with Crippen LogP contribution in [0.5, 0.6) is 0 Å². The Labute approximate surface area is 111 Å². The van der Waals surface area contributed by atoms with Crippen molar-refractivity contribution in [1.82, 2.24) is 9.88 Å². The summed E-state index contributed by atoms with van der Waals surface area (Å²) >= 11 is 11.6. The second-order valence-electron chi connectivity index (χ2n) is 3.70. The number of pyridine rings is 1. The van der Waals surface area contributed by atoms with E-state index in [9.17, 15) is 14.9 Å². The summed E-state index contributed by atoms with van der Waals surface area (Å²) in [4.78, 5) is 25.9. The molecule has 9 heteroatoms. The van der Waals surface area contributed by atoms with Crippen molar-refractivity contribution in [2.75, 3.05) is 6.54 Å². The molecule has 1 aliphatic rings. The first kappa shape index (κ1) is 12.8. The second kappa shape index (κ2) is 4.58. The van der Waals surface area contributed by atoms with Crippen LogP contribution in [0.25, 0.3) is 0 Å². The largest absolute Gasteiger partial charge is 0.465 e. The van der Waals surface area contributed by atoms with Crippen molar-refractivity contribution >= 4 is 35.0 Å². The van der Waals surface area contributed by atoms with Gasteiger partial charge in [0.05, 0.1) is 17.2 Å². The number of hydrogen-bond donors (Lipinski definition) is 1. The molecule has 0 bridgehead atoms. The van der Waals surface area contributed by atoms with E-state index in [1.807, 2.05) is 0 Å². The first-order valence-corrected chi connectivity index (χ1v) is 5.66. The molecule has 1 aromatic rings. The molecule has 0 aromatic carbocycles. The number of aromatic nitrogens is 1. The zero-order valence-electron chi connectivity index (χ0n) is 8.89. The lowest BCUT2D eigenvalue weighted by Crippen LogP contribution is -2.35. The van der Waals surface area contributed by atoms with Crippen LogP contribution < -0.4 is 0 Å². The van der Waals surface area contributed by atoms with Gasteiger partial charge in [-0.3, -0.25) is 10.1 Å². The van der Waals surface area contributed by atoms with Crippen molar-refractivity contribution in [3.8, 4) is 0 Å². The van der Waals surface area contributed by atoms with Gasteiger partial charge in [0.1, 0.15) is 5.02 Å². The molecule has 96 valence electrons. The van der Waals surface area contributed by atoms with Gasteiger partial charge in [-0.2, -0.15) is 0 Å². The minimum Gasteiger partial charge on any atom is -0.465 e. The monoisotopic (exact) mass is 291 g/mol. The molecule has 0 unspecified atom stereocenters. The van der Waals surface area contributed by atoms with Crippen LogP contribution >= 0.6 is 23.2 Å². The molecule has 0 fully saturated rings. The number of rotatable bonds is 1. The van der Waals surface area contributed by atoms with E-state index in [0.29, 0.717) is 11.3 Å². The normalized spacial score (nSPS) is 14.2. The summed E-state index contributed by atoms with van der Waals surface area (Å²) in [6.45, 7) is 0.255. The molecule has 7 nitrogen and oxygen atoms in total. The fourth-order valence-corrected chi connectivity index (χ4v) is 2.49. The van der Waals surface area contributed by atoms with E-state index >= 15 is 0 Å². The zero-order valence-corrected chi connectivity index (χ0v) is 10.4. The topological polar surface area (TPSA) is 96.6 Å². The number of nitro groups is 1. The molecule has 0 saturated carbocycles. The summed E-state index contributed by atoms with van der Waals surface area (Å²) in [5.41, 5.74) is 0.426. The summed E-state index contributed by atoms with van der Waals surface area (Å²) in [6, 6.07) is 0. The maximum absolute atomic E-state index is 10.8. The number of fused-ring (bicyclic) bond motifs is 1. The van der Waals surface area contributed by atoms with E-state index < -0.39 is 16.7 Å². The minimum atomic E-state index is -1.08. The van der Waals surface area contributed by atoms with Crippen molar-refractivity contribution in [3.63, 3.8) is 0 Å². The molecular weight excluding hydrogens is 285 g/mol. The Kier molecular flexibility index (Phi) is 3.27. The van der Waals surface area contributed by atoms with Crippen molar-refractivity contribution in [1.29, 1.82) is 0 Å². The molecule has 1 aliphatic heterocycles. The van der Waals surface area contributed by atoms with Crippen LogP contribution in [0.2, 0.25) is 10.2 Å². The van der Waals surface area contributed by atoms with Gasteiger partial charge in [0, 0.05) is 12.1 Å². The van der Waals surface area contributed by atoms with Crippen LogP contribution in [-0.4, -0.2) is 32.6 Å². The average molecular weight is 292 g/mol. The SMILES string of the molecule is O=C(O)N1CCc2c(nc(Cl)c([N+](=O)[O-])c2Cl)C1. The molecular formula is C9H7Cl2N3O4. The molecule has 0 aliphatic carbocycles. The number of carboxylic acid groups (broad SMARTS) is 1. The highest BCUT2D eigenvalue weighted by Crippen LogP contribution is 2.37. The highest BCUT2D eigenvalue weighted by molar-refractivity contribution is 6.38. The van der Waals surface area contributed by atoms with E-state index in [1.54, 1.807) is 0 Å². The molecule has 0 saturated heterocycles. The Morgan fingerprint density at radius 3 is 2.72 bits per heavy atom. The average Bonchev–Trinajstić information content (AvgIpc) is 2.27. The van der Waals surface area contributed by atoms with Crippen molar-refractivity contribution < 1.29 is 14.8 Å². The number of carbonyl (C=O) groups is 1. The summed E-state index contributed by atoms with van der Waals surface area (Å²) in [6.07, 6.45) is -0.793. The maximum atomic E-state index is 10.8. The van der Waals surface area contributed by atoms with Gasteiger partial charge in [0.25, 0.3) is 0 Å². The fraction of sp³-hybridized carbons (Fsp3) is 0.333. The molecule has 0 spiro atoms. The van der Waals surface area contributed by atoms with Crippen LogP contribution in [0.3, 0.4) is 0 Å². The Bertz CT molecular complexity index is 549. The van der Waals surface area contributed by atoms with Crippen LogP contribution in [0.15, 0.2) is 0 Å². The molecule has 0 atom stereocenters. The summed E-state index contributed by atoms with van der Waals surface area (Å²) in [7, 11) is 0. The number of hydrogen-bond acceptors (Lipinski definition) is 4. The van der Waals surface area contributed by atoms with Gasteiger partial charge in [0.15, 0.2) is 0 Å². The van der Waals surface area contributed by atoms with Crippen LogP contribution in [0.1, 0.15) is 11.3 Å². The van der Waals surface area contributed by atoms with Gasteiger partial charge in [-0.25, -0.2) is 9.78 Å². The number of halogens is 2. The lowest BCUT2D eigenvalue weighted by atomic mass is 10.0. The van der Waals surface area contributed by atoms with Crippen LogP contribution in [0.4, 0.5) is 10.5 Å². The van der Waals surface area contributed by atoms with Crippen molar-refractivity contribution in [2.24, 2.45) is 0 Å². The standard InChI is InChI=1S/C9H7Cl2N3O4/c10-6-4-1-2-13(9(15)16)3-5(4)12-8(11)7(6)14(17)18/h1-3H2,(H,15,16). The molecule has 0 radical (unpaired) electrons. The first-order valence-electron chi connectivity index (χ1n) is 4.90. The van der Waals surface area contributed by atoms with Crippen molar-refractivity contribution in [2.45, 2.75) is 13.0 Å². The molecule has 2 rings (SSSR count). The number of nitrogens with zero attached hydrogens (tertiary/aromatic N) is 3. The van der Waals surface area contributed by atoms with Crippen LogP contribution in [-0.2, 0) is 13.0 Å².